The van der Waals surface area contributed by atoms with Crippen molar-refractivity contribution < 1.29 is 21.6 Å². The summed E-state index contributed by atoms with van der Waals surface area (Å²) < 4.78 is 70.1. The molecule has 0 saturated heterocycles. The standard InChI is InChI=1S/C25H16ClF3N4O2S/c26-15-4-6-22(19(28)10-15)36(34,35)12-14-3-5-18(27)17(23(14)29)11-21-16(2-1-8-30-21)24-25-20(7-9-31-25)32-13-33-24/h1-6,8-10,13H,7,11-12H2. The van der Waals surface area contributed by atoms with E-state index in [4.69, 9.17) is 11.6 Å². The van der Waals surface area contributed by atoms with Gasteiger partial charge in [-0.05, 0) is 36.4 Å². The number of benzene rings is 2. The zero-order chi connectivity index (χ0) is 25.4. The number of sulfone groups is 1. The zero-order valence-corrected chi connectivity index (χ0v) is 20.0. The summed E-state index contributed by atoms with van der Waals surface area (Å²) in [6.45, 7) is 0. The van der Waals surface area contributed by atoms with Crippen LogP contribution in [-0.4, -0.2) is 29.6 Å². The van der Waals surface area contributed by atoms with Gasteiger partial charge in [-0.3, -0.25) is 9.98 Å². The minimum absolute atomic E-state index is 0.0212. The van der Waals surface area contributed by atoms with Gasteiger partial charge in [0.2, 0.25) is 0 Å². The van der Waals surface area contributed by atoms with Crippen LogP contribution in [0.5, 0.6) is 0 Å². The summed E-state index contributed by atoms with van der Waals surface area (Å²) in [7, 11) is -4.29. The van der Waals surface area contributed by atoms with Crippen molar-refractivity contribution in [3.05, 3.63) is 100.0 Å². The van der Waals surface area contributed by atoms with Gasteiger partial charge < -0.3 is 0 Å². The first-order valence-corrected chi connectivity index (χ1v) is 12.7. The average molecular weight is 529 g/mol. The smallest absolute Gasteiger partial charge is 0.185 e. The molecule has 11 heteroatoms. The molecule has 0 spiro atoms. The predicted molar refractivity (Wildman–Crippen MR) is 129 cm³/mol. The molecule has 5 rings (SSSR count). The predicted octanol–water partition coefficient (Wildman–Crippen LogP) is 5.43. The Hall–Kier alpha value is -3.63. The summed E-state index contributed by atoms with van der Waals surface area (Å²) in [5, 5.41) is 0.0212. The molecule has 0 amide bonds. The van der Waals surface area contributed by atoms with Gasteiger partial charge >= 0.3 is 0 Å². The number of hydrogen-bond donors (Lipinski definition) is 0. The highest BCUT2D eigenvalue weighted by atomic mass is 35.5. The lowest BCUT2D eigenvalue weighted by Gasteiger charge is -2.13. The van der Waals surface area contributed by atoms with Crippen molar-refractivity contribution in [3.63, 3.8) is 0 Å². The second kappa shape index (κ2) is 9.44. The number of halogens is 4. The van der Waals surface area contributed by atoms with E-state index in [1.807, 2.05) is 0 Å². The fourth-order valence-corrected chi connectivity index (χ4v) is 5.59. The van der Waals surface area contributed by atoms with Gasteiger partial charge in [0.25, 0.3) is 0 Å². The monoisotopic (exact) mass is 528 g/mol. The van der Waals surface area contributed by atoms with Crippen molar-refractivity contribution in [1.82, 2.24) is 15.0 Å². The third-order valence-electron chi connectivity index (χ3n) is 5.73. The minimum atomic E-state index is -4.29. The maximum atomic E-state index is 15.5. The Labute approximate surface area is 209 Å². The Morgan fingerprint density at radius 1 is 0.972 bits per heavy atom. The van der Waals surface area contributed by atoms with E-state index in [1.54, 1.807) is 18.3 Å². The molecular weight excluding hydrogens is 513 g/mol. The quantitative estimate of drug-likeness (QED) is 0.333. The van der Waals surface area contributed by atoms with Crippen LogP contribution in [0.4, 0.5) is 18.9 Å². The summed E-state index contributed by atoms with van der Waals surface area (Å²) in [5.74, 6) is -3.83. The molecule has 182 valence electrons. The van der Waals surface area contributed by atoms with Crippen LogP contribution in [0.15, 0.2) is 64.9 Å². The van der Waals surface area contributed by atoms with Crippen LogP contribution in [-0.2, 0) is 28.4 Å². The lowest BCUT2D eigenvalue weighted by Crippen LogP contribution is -2.11. The first-order valence-electron chi connectivity index (χ1n) is 10.7. The molecule has 1 aliphatic heterocycles. The van der Waals surface area contributed by atoms with Gasteiger partial charge in [-0.2, -0.15) is 0 Å². The highest BCUT2D eigenvalue weighted by Gasteiger charge is 2.25. The van der Waals surface area contributed by atoms with Crippen molar-refractivity contribution in [2.75, 3.05) is 0 Å². The molecule has 0 N–H and O–H groups in total. The van der Waals surface area contributed by atoms with Crippen LogP contribution in [0.1, 0.15) is 22.5 Å². The average Bonchev–Trinajstić information content (AvgIpc) is 3.33. The summed E-state index contributed by atoms with van der Waals surface area (Å²) in [6, 6.07) is 8.49. The van der Waals surface area contributed by atoms with E-state index in [0.717, 1.165) is 30.0 Å². The van der Waals surface area contributed by atoms with E-state index in [2.05, 4.69) is 19.9 Å². The van der Waals surface area contributed by atoms with E-state index in [-0.39, 0.29) is 22.6 Å². The van der Waals surface area contributed by atoms with Crippen LogP contribution >= 0.6 is 11.6 Å². The molecule has 0 atom stereocenters. The fourth-order valence-electron chi connectivity index (χ4n) is 4.01. The third kappa shape index (κ3) is 4.49. The Balaban J connectivity index is 1.52. The Morgan fingerprint density at radius 2 is 1.81 bits per heavy atom. The van der Waals surface area contributed by atoms with E-state index in [1.165, 1.54) is 18.6 Å². The SMILES string of the molecule is O=S(=O)(Cc1ccc(F)c(Cc2ncccc2-c2ncnc3c2N=CC3)c1F)c1ccc(Cl)cc1F. The van der Waals surface area contributed by atoms with Crippen LogP contribution in [0.25, 0.3) is 11.3 Å². The Morgan fingerprint density at radius 3 is 2.61 bits per heavy atom. The molecule has 4 aromatic rings. The molecule has 3 heterocycles. The van der Waals surface area contributed by atoms with Crippen LogP contribution in [0.2, 0.25) is 5.02 Å². The number of hydrogen-bond acceptors (Lipinski definition) is 6. The highest BCUT2D eigenvalue weighted by Crippen LogP contribution is 2.35. The maximum absolute atomic E-state index is 15.5. The molecule has 0 radical (unpaired) electrons. The second-order valence-corrected chi connectivity index (χ2v) is 10.4. The van der Waals surface area contributed by atoms with E-state index < -0.39 is 37.9 Å². The molecule has 0 bridgehead atoms. The van der Waals surface area contributed by atoms with E-state index in [0.29, 0.717) is 29.1 Å². The third-order valence-corrected chi connectivity index (χ3v) is 7.66. The summed E-state index contributed by atoms with van der Waals surface area (Å²) in [4.78, 5) is 16.5. The highest BCUT2D eigenvalue weighted by molar-refractivity contribution is 7.90. The minimum Gasteiger partial charge on any atom is -0.260 e. The molecular formula is C25H16ClF3N4O2S. The molecule has 0 saturated carbocycles. The lowest BCUT2D eigenvalue weighted by atomic mass is 9.99. The van der Waals surface area contributed by atoms with Crippen LogP contribution in [0.3, 0.4) is 0 Å². The molecule has 1 aliphatic rings. The van der Waals surface area contributed by atoms with E-state index in [9.17, 15) is 17.2 Å². The molecule has 0 fully saturated rings. The van der Waals surface area contributed by atoms with Crippen molar-refractivity contribution in [2.24, 2.45) is 4.99 Å². The molecule has 36 heavy (non-hydrogen) atoms. The zero-order valence-electron chi connectivity index (χ0n) is 18.4. The molecule has 0 unspecified atom stereocenters. The number of fused-ring (bicyclic) bond motifs is 1. The van der Waals surface area contributed by atoms with Gasteiger partial charge in [-0.25, -0.2) is 31.6 Å². The number of aromatic nitrogens is 3. The van der Waals surface area contributed by atoms with Gasteiger partial charge in [0, 0.05) is 47.0 Å². The largest absolute Gasteiger partial charge is 0.260 e. The van der Waals surface area contributed by atoms with Gasteiger partial charge in [0.15, 0.2) is 9.84 Å². The van der Waals surface area contributed by atoms with Gasteiger partial charge in [0.1, 0.15) is 40.1 Å². The summed E-state index contributed by atoms with van der Waals surface area (Å²) in [6.07, 6.45) is 4.85. The Bertz CT molecular complexity index is 1640. The van der Waals surface area contributed by atoms with Crippen LogP contribution in [0, 0.1) is 17.5 Å². The summed E-state index contributed by atoms with van der Waals surface area (Å²) in [5.41, 5.74) is 1.96. The van der Waals surface area contributed by atoms with Crippen molar-refractivity contribution in [3.8, 4) is 11.3 Å². The molecule has 2 aromatic heterocycles. The van der Waals surface area contributed by atoms with E-state index >= 15 is 4.39 Å². The van der Waals surface area contributed by atoms with Crippen molar-refractivity contribution >= 4 is 33.3 Å². The fraction of sp³-hybridized carbons (Fsp3) is 0.120. The first kappa shape index (κ1) is 24.1. The van der Waals surface area contributed by atoms with Crippen molar-refractivity contribution in [1.29, 1.82) is 0 Å². The number of rotatable bonds is 6. The molecule has 0 aliphatic carbocycles. The summed E-state index contributed by atoms with van der Waals surface area (Å²) >= 11 is 5.70. The van der Waals surface area contributed by atoms with Gasteiger partial charge in [-0.15, -0.1) is 0 Å². The number of pyridine rings is 1. The lowest BCUT2D eigenvalue weighted by molar-refractivity contribution is 0.547. The van der Waals surface area contributed by atoms with Gasteiger partial charge in [0.05, 0.1) is 17.1 Å². The maximum Gasteiger partial charge on any atom is 0.185 e. The number of aliphatic imine (C=N–C) groups is 1. The second-order valence-electron chi connectivity index (χ2n) is 8.04. The van der Waals surface area contributed by atoms with Crippen LogP contribution < -0.4 is 0 Å². The topological polar surface area (TPSA) is 85.2 Å². The van der Waals surface area contributed by atoms with Gasteiger partial charge in [-0.1, -0.05) is 17.7 Å². The number of nitrogens with zero attached hydrogens (tertiary/aromatic N) is 4. The Kier molecular flexibility index (Phi) is 6.31. The molecule has 2 aromatic carbocycles. The molecule has 6 nitrogen and oxygen atoms in total. The normalized spacial score (nSPS) is 12.7. The van der Waals surface area contributed by atoms with Crippen molar-refractivity contribution in [2.45, 2.75) is 23.5 Å². The first-order chi connectivity index (χ1) is 17.2.